The van der Waals surface area contributed by atoms with Crippen LogP contribution in [-0.2, 0) is 6.54 Å². The molecule has 0 saturated heterocycles. The third-order valence-electron chi connectivity index (χ3n) is 3.84. The number of benzene rings is 1. The van der Waals surface area contributed by atoms with E-state index in [0.29, 0.717) is 0 Å². The minimum Gasteiger partial charge on any atom is -0.330 e. The minimum atomic E-state index is 0.817. The molecule has 2 N–H and O–H groups in total. The van der Waals surface area contributed by atoms with Crippen molar-refractivity contribution in [1.82, 2.24) is 4.90 Å². The summed E-state index contributed by atoms with van der Waals surface area (Å²) >= 11 is 0. The van der Waals surface area contributed by atoms with E-state index < -0.39 is 0 Å². The molecule has 19 heavy (non-hydrogen) atoms. The van der Waals surface area contributed by atoms with Crippen LogP contribution < -0.4 is 5.73 Å². The second-order valence-corrected chi connectivity index (χ2v) is 5.72. The molecule has 0 saturated carbocycles. The summed E-state index contributed by atoms with van der Waals surface area (Å²) in [6, 6.07) is 8.79. The standard InChI is InChI=1S/C17H30N2/c1-4-16(10-11-18)9-6-12-19(3)14-17-8-5-7-15(2)13-17/h5,7-8,13,16H,4,6,9-12,14,18H2,1-3H3. The van der Waals surface area contributed by atoms with Gasteiger partial charge in [0.1, 0.15) is 0 Å². The van der Waals surface area contributed by atoms with Gasteiger partial charge in [-0.1, -0.05) is 43.2 Å². The van der Waals surface area contributed by atoms with E-state index in [1.807, 2.05) is 0 Å². The molecule has 0 spiro atoms. The molecular weight excluding hydrogens is 232 g/mol. The molecule has 1 atom stereocenters. The van der Waals surface area contributed by atoms with E-state index in [4.69, 9.17) is 5.73 Å². The maximum atomic E-state index is 5.64. The van der Waals surface area contributed by atoms with Crippen LogP contribution in [0.15, 0.2) is 24.3 Å². The first-order valence-corrected chi connectivity index (χ1v) is 7.59. The highest BCUT2D eigenvalue weighted by atomic mass is 15.1. The van der Waals surface area contributed by atoms with E-state index in [1.54, 1.807) is 0 Å². The lowest BCUT2D eigenvalue weighted by Gasteiger charge is -2.19. The van der Waals surface area contributed by atoms with Crippen molar-refractivity contribution in [2.24, 2.45) is 11.7 Å². The summed E-state index contributed by atoms with van der Waals surface area (Å²) in [5.74, 6) is 0.817. The van der Waals surface area contributed by atoms with Crippen LogP contribution >= 0.6 is 0 Å². The second kappa shape index (κ2) is 9.11. The molecule has 1 rings (SSSR count). The van der Waals surface area contributed by atoms with Gasteiger partial charge in [-0.15, -0.1) is 0 Å². The highest BCUT2D eigenvalue weighted by Crippen LogP contribution is 2.15. The van der Waals surface area contributed by atoms with Crippen LogP contribution in [0.1, 0.15) is 43.7 Å². The van der Waals surface area contributed by atoms with E-state index in [9.17, 15) is 0 Å². The average molecular weight is 262 g/mol. The maximum Gasteiger partial charge on any atom is 0.0230 e. The Bertz CT molecular complexity index is 349. The van der Waals surface area contributed by atoms with Gasteiger partial charge in [-0.05, 0) is 57.8 Å². The van der Waals surface area contributed by atoms with Gasteiger partial charge in [-0.25, -0.2) is 0 Å². The maximum absolute atomic E-state index is 5.64. The number of hydrogen-bond donors (Lipinski definition) is 1. The fourth-order valence-corrected chi connectivity index (χ4v) is 2.64. The van der Waals surface area contributed by atoms with Crippen LogP contribution in [0.5, 0.6) is 0 Å². The third kappa shape index (κ3) is 6.74. The van der Waals surface area contributed by atoms with Crippen molar-refractivity contribution < 1.29 is 0 Å². The number of rotatable bonds is 9. The van der Waals surface area contributed by atoms with Gasteiger partial charge >= 0.3 is 0 Å². The molecule has 1 aromatic carbocycles. The molecule has 0 bridgehead atoms. The molecule has 0 heterocycles. The van der Waals surface area contributed by atoms with Gasteiger partial charge in [-0.3, -0.25) is 0 Å². The SMILES string of the molecule is CCC(CCN)CCCN(C)Cc1cccc(C)c1. The first-order valence-electron chi connectivity index (χ1n) is 7.59. The van der Waals surface area contributed by atoms with Crippen LogP contribution in [-0.4, -0.2) is 25.0 Å². The van der Waals surface area contributed by atoms with E-state index in [1.165, 1.54) is 43.4 Å². The van der Waals surface area contributed by atoms with E-state index >= 15 is 0 Å². The zero-order valence-corrected chi connectivity index (χ0v) is 12.9. The van der Waals surface area contributed by atoms with Gasteiger partial charge in [0.2, 0.25) is 0 Å². The molecule has 0 radical (unpaired) electrons. The molecule has 1 unspecified atom stereocenters. The van der Waals surface area contributed by atoms with Crippen molar-refractivity contribution in [3.05, 3.63) is 35.4 Å². The molecule has 0 aliphatic heterocycles. The number of nitrogens with zero attached hydrogens (tertiary/aromatic N) is 1. The van der Waals surface area contributed by atoms with Gasteiger partial charge in [0, 0.05) is 6.54 Å². The molecule has 2 nitrogen and oxygen atoms in total. The monoisotopic (exact) mass is 262 g/mol. The lowest BCUT2D eigenvalue weighted by atomic mass is 9.96. The fourth-order valence-electron chi connectivity index (χ4n) is 2.64. The zero-order chi connectivity index (χ0) is 14.1. The lowest BCUT2D eigenvalue weighted by Crippen LogP contribution is -2.20. The summed E-state index contributed by atoms with van der Waals surface area (Å²) in [7, 11) is 2.21. The van der Waals surface area contributed by atoms with E-state index in [2.05, 4.69) is 50.1 Å². The van der Waals surface area contributed by atoms with Gasteiger partial charge in [0.15, 0.2) is 0 Å². The summed E-state index contributed by atoms with van der Waals surface area (Å²) in [6.07, 6.45) is 5.03. The summed E-state index contributed by atoms with van der Waals surface area (Å²) in [5.41, 5.74) is 8.40. The largest absolute Gasteiger partial charge is 0.330 e. The summed E-state index contributed by atoms with van der Waals surface area (Å²) in [5, 5.41) is 0. The van der Waals surface area contributed by atoms with Crippen molar-refractivity contribution in [3.8, 4) is 0 Å². The van der Waals surface area contributed by atoms with Crippen molar-refractivity contribution in [1.29, 1.82) is 0 Å². The Morgan fingerprint density at radius 2 is 2.05 bits per heavy atom. The first-order chi connectivity index (χ1) is 9.15. The molecule has 0 aromatic heterocycles. The first kappa shape index (κ1) is 16.2. The summed E-state index contributed by atoms with van der Waals surface area (Å²) in [6.45, 7) is 7.49. The number of nitrogens with two attached hydrogens (primary N) is 1. The molecule has 0 amide bonds. The van der Waals surface area contributed by atoms with Gasteiger partial charge in [0.25, 0.3) is 0 Å². The van der Waals surface area contributed by atoms with Crippen molar-refractivity contribution in [3.63, 3.8) is 0 Å². The van der Waals surface area contributed by atoms with Gasteiger partial charge in [-0.2, -0.15) is 0 Å². The van der Waals surface area contributed by atoms with Crippen LogP contribution in [0.25, 0.3) is 0 Å². The molecular formula is C17H30N2. The Balaban J connectivity index is 2.26. The minimum absolute atomic E-state index is 0.817. The number of hydrogen-bond acceptors (Lipinski definition) is 2. The lowest BCUT2D eigenvalue weighted by molar-refractivity contribution is 0.300. The second-order valence-electron chi connectivity index (χ2n) is 5.72. The van der Waals surface area contributed by atoms with E-state index in [0.717, 1.165) is 19.0 Å². The molecule has 1 aromatic rings. The van der Waals surface area contributed by atoms with Crippen LogP contribution in [0.4, 0.5) is 0 Å². The normalized spacial score (nSPS) is 12.9. The fraction of sp³-hybridized carbons (Fsp3) is 0.647. The Hall–Kier alpha value is -0.860. The molecule has 108 valence electrons. The highest BCUT2D eigenvalue weighted by Gasteiger charge is 2.06. The van der Waals surface area contributed by atoms with E-state index in [-0.39, 0.29) is 0 Å². The molecule has 0 aliphatic carbocycles. The number of aryl methyl sites for hydroxylation is 1. The predicted octanol–water partition coefficient (Wildman–Crippen LogP) is 3.58. The van der Waals surface area contributed by atoms with Gasteiger partial charge in [0.05, 0.1) is 0 Å². The zero-order valence-electron chi connectivity index (χ0n) is 12.9. The Morgan fingerprint density at radius 3 is 2.68 bits per heavy atom. The Labute approximate surface area is 119 Å². The van der Waals surface area contributed by atoms with Gasteiger partial charge < -0.3 is 10.6 Å². The Kier molecular flexibility index (Phi) is 7.76. The smallest absolute Gasteiger partial charge is 0.0230 e. The predicted molar refractivity (Wildman–Crippen MR) is 84.2 cm³/mol. The third-order valence-corrected chi connectivity index (χ3v) is 3.84. The molecule has 0 aliphatic rings. The summed E-state index contributed by atoms with van der Waals surface area (Å²) < 4.78 is 0. The van der Waals surface area contributed by atoms with Crippen LogP contribution in [0, 0.1) is 12.8 Å². The average Bonchev–Trinajstić information content (AvgIpc) is 2.37. The Morgan fingerprint density at radius 1 is 1.26 bits per heavy atom. The quantitative estimate of drug-likeness (QED) is 0.737. The topological polar surface area (TPSA) is 29.3 Å². The van der Waals surface area contributed by atoms with Crippen LogP contribution in [0.3, 0.4) is 0 Å². The molecule has 2 heteroatoms. The highest BCUT2D eigenvalue weighted by molar-refractivity contribution is 5.21. The van der Waals surface area contributed by atoms with Crippen molar-refractivity contribution in [2.45, 2.75) is 46.1 Å². The van der Waals surface area contributed by atoms with Crippen LogP contribution in [0.2, 0.25) is 0 Å². The molecule has 0 fully saturated rings. The summed E-state index contributed by atoms with van der Waals surface area (Å²) in [4.78, 5) is 2.42. The van der Waals surface area contributed by atoms with Crippen molar-refractivity contribution in [2.75, 3.05) is 20.1 Å². The van der Waals surface area contributed by atoms with Crippen molar-refractivity contribution >= 4 is 0 Å².